The molecule has 0 aliphatic rings. The van der Waals surface area contributed by atoms with Gasteiger partial charge in [-0.05, 0) is 43.0 Å². The maximum absolute atomic E-state index is 13.5. The molecule has 0 aromatic heterocycles. The Morgan fingerprint density at radius 2 is 2.00 bits per heavy atom. The lowest BCUT2D eigenvalue weighted by atomic mass is 9.90. The van der Waals surface area contributed by atoms with E-state index in [1.54, 1.807) is 0 Å². The van der Waals surface area contributed by atoms with Crippen LogP contribution < -0.4 is 10.1 Å². The lowest BCUT2D eigenvalue weighted by molar-refractivity contribution is 0.356. The van der Waals surface area contributed by atoms with Gasteiger partial charge in [-0.3, -0.25) is 0 Å². The molecule has 0 fully saturated rings. The number of rotatable bonds is 8. The van der Waals surface area contributed by atoms with Crippen LogP contribution in [0.25, 0.3) is 0 Å². The van der Waals surface area contributed by atoms with Crippen LogP contribution in [0.1, 0.15) is 51.6 Å². The summed E-state index contributed by atoms with van der Waals surface area (Å²) in [4.78, 5) is 0. The second-order valence-electron chi connectivity index (χ2n) is 5.09. The van der Waals surface area contributed by atoms with Gasteiger partial charge in [-0.25, -0.2) is 4.39 Å². The van der Waals surface area contributed by atoms with Crippen molar-refractivity contribution in [2.24, 2.45) is 5.92 Å². The summed E-state index contributed by atoms with van der Waals surface area (Å²) in [6, 6.07) is 5.42. The van der Waals surface area contributed by atoms with E-state index < -0.39 is 0 Å². The van der Waals surface area contributed by atoms with Gasteiger partial charge >= 0.3 is 0 Å². The highest BCUT2D eigenvalue weighted by atomic mass is 19.1. The number of nitrogens with one attached hydrogen (secondary N) is 1. The van der Waals surface area contributed by atoms with Gasteiger partial charge in [0.1, 0.15) is 0 Å². The second kappa shape index (κ2) is 8.16. The van der Waals surface area contributed by atoms with E-state index in [1.165, 1.54) is 13.2 Å². The van der Waals surface area contributed by atoms with Crippen LogP contribution in [0, 0.1) is 11.7 Å². The van der Waals surface area contributed by atoms with Crippen molar-refractivity contribution in [1.29, 1.82) is 0 Å². The Labute approximate surface area is 116 Å². The maximum Gasteiger partial charge on any atom is 0.165 e. The predicted octanol–water partition coefficient (Wildman–Crippen LogP) is 4.31. The summed E-state index contributed by atoms with van der Waals surface area (Å²) in [5, 5.41) is 3.56. The van der Waals surface area contributed by atoms with E-state index in [0.717, 1.165) is 31.4 Å². The average Bonchev–Trinajstić information content (AvgIpc) is 2.41. The number of methoxy groups -OCH3 is 1. The smallest absolute Gasteiger partial charge is 0.165 e. The molecule has 1 aromatic rings. The van der Waals surface area contributed by atoms with Crippen molar-refractivity contribution in [3.8, 4) is 5.75 Å². The molecule has 0 saturated heterocycles. The summed E-state index contributed by atoms with van der Waals surface area (Å²) in [5.74, 6) is 0.542. The summed E-state index contributed by atoms with van der Waals surface area (Å²) in [6.07, 6.45) is 3.40. The summed E-state index contributed by atoms with van der Waals surface area (Å²) >= 11 is 0. The molecule has 3 heteroatoms. The van der Waals surface area contributed by atoms with Gasteiger partial charge in [0.05, 0.1) is 7.11 Å². The maximum atomic E-state index is 13.5. The summed E-state index contributed by atoms with van der Waals surface area (Å²) < 4.78 is 18.6. The molecule has 0 heterocycles. The van der Waals surface area contributed by atoms with Crippen molar-refractivity contribution < 1.29 is 9.13 Å². The summed E-state index contributed by atoms with van der Waals surface area (Å²) in [7, 11) is 1.51. The van der Waals surface area contributed by atoms with E-state index in [9.17, 15) is 4.39 Å². The minimum absolute atomic E-state index is 0.259. The fourth-order valence-electron chi connectivity index (χ4n) is 2.44. The zero-order valence-electron chi connectivity index (χ0n) is 12.5. The highest BCUT2D eigenvalue weighted by Gasteiger charge is 2.19. The Hall–Kier alpha value is -1.09. The molecule has 108 valence electrons. The van der Waals surface area contributed by atoms with Gasteiger partial charge in [0.15, 0.2) is 11.6 Å². The van der Waals surface area contributed by atoms with Crippen LogP contribution >= 0.6 is 0 Å². The largest absolute Gasteiger partial charge is 0.494 e. The molecule has 0 aliphatic heterocycles. The lowest BCUT2D eigenvalue weighted by Gasteiger charge is -2.26. The SMILES string of the molecule is CCCNC(c1ccc(F)c(OC)c1)C(C)CCC. The number of benzene rings is 1. The van der Waals surface area contributed by atoms with E-state index in [-0.39, 0.29) is 11.9 Å². The molecule has 0 radical (unpaired) electrons. The first-order chi connectivity index (χ1) is 9.13. The Morgan fingerprint density at radius 3 is 2.58 bits per heavy atom. The molecule has 1 rings (SSSR count). The van der Waals surface area contributed by atoms with Crippen molar-refractivity contribution >= 4 is 0 Å². The van der Waals surface area contributed by atoms with Gasteiger partial charge in [0, 0.05) is 6.04 Å². The first kappa shape index (κ1) is 16.0. The normalized spacial score (nSPS) is 14.2. The topological polar surface area (TPSA) is 21.3 Å². The van der Waals surface area contributed by atoms with Crippen LogP contribution in [-0.2, 0) is 0 Å². The molecule has 19 heavy (non-hydrogen) atoms. The Balaban J connectivity index is 2.95. The van der Waals surface area contributed by atoms with Gasteiger partial charge in [0.25, 0.3) is 0 Å². The first-order valence-corrected chi connectivity index (χ1v) is 7.20. The lowest BCUT2D eigenvalue weighted by Crippen LogP contribution is -2.27. The standard InChI is InChI=1S/C16H26FNO/c1-5-7-12(3)16(18-10-6-2)13-8-9-14(17)15(11-13)19-4/h8-9,11-12,16,18H,5-7,10H2,1-4H3. The van der Waals surface area contributed by atoms with Gasteiger partial charge in [-0.15, -0.1) is 0 Å². The third-order valence-electron chi connectivity index (χ3n) is 3.46. The fraction of sp³-hybridized carbons (Fsp3) is 0.625. The first-order valence-electron chi connectivity index (χ1n) is 7.20. The van der Waals surface area contributed by atoms with Gasteiger partial charge in [0.2, 0.25) is 0 Å². The minimum atomic E-state index is -0.302. The zero-order valence-corrected chi connectivity index (χ0v) is 12.5. The Bertz CT molecular complexity index is 381. The van der Waals surface area contributed by atoms with E-state index in [2.05, 4.69) is 26.1 Å². The molecule has 1 N–H and O–H groups in total. The number of hydrogen-bond acceptors (Lipinski definition) is 2. The molecular formula is C16H26FNO. The van der Waals surface area contributed by atoms with E-state index >= 15 is 0 Å². The number of halogens is 1. The van der Waals surface area contributed by atoms with Crippen LogP contribution in [0.3, 0.4) is 0 Å². The van der Waals surface area contributed by atoms with Crippen molar-refractivity contribution in [3.05, 3.63) is 29.6 Å². The quantitative estimate of drug-likeness (QED) is 0.757. The van der Waals surface area contributed by atoms with Crippen LogP contribution in [0.4, 0.5) is 4.39 Å². The highest BCUT2D eigenvalue weighted by molar-refractivity contribution is 5.32. The predicted molar refractivity (Wildman–Crippen MR) is 78.1 cm³/mol. The molecule has 0 saturated carbocycles. The number of hydrogen-bond donors (Lipinski definition) is 1. The van der Waals surface area contributed by atoms with Crippen molar-refractivity contribution in [2.75, 3.05) is 13.7 Å². The van der Waals surface area contributed by atoms with Gasteiger partial charge < -0.3 is 10.1 Å². The Morgan fingerprint density at radius 1 is 1.26 bits per heavy atom. The zero-order chi connectivity index (χ0) is 14.3. The second-order valence-corrected chi connectivity index (χ2v) is 5.09. The van der Waals surface area contributed by atoms with Crippen LogP contribution in [0.2, 0.25) is 0 Å². The molecule has 2 atom stereocenters. The van der Waals surface area contributed by atoms with E-state index in [4.69, 9.17) is 4.74 Å². The van der Waals surface area contributed by atoms with Crippen LogP contribution in [0.5, 0.6) is 5.75 Å². The molecule has 0 bridgehead atoms. The summed E-state index contributed by atoms with van der Waals surface area (Å²) in [5.41, 5.74) is 1.10. The van der Waals surface area contributed by atoms with Crippen molar-refractivity contribution in [3.63, 3.8) is 0 Å². The van der Waals surface area contributed by atoms with Gasteiger partial charge in [-0.1, -0.05) is 33.3 Å². The van der Waals surface area contributed by atoms with Gasteiger partial charge in [-0.2, -0.15) is 0 Å². The third kappa shape index (κ3) is 4.50. The fourth-order valence-corrected chi connectivity index (χ4v) is 2.44. The van der Waals surface area contributed by atoms with Crippen molar-refractivity contribution in [1.82, 2.24) is 5.32 Å². The van der Waals surface area contributed by atoms with Crippen molar-refractivity contribution in [2.45, 2.75) is 46.1 Å². The number of ether oxygens (including phenoxy) is 1. The molecule has 0 aliphatic carbocycles. The molecule has 2 unspecified atom stereocenters. The van der Waals surface area contributed by atoms with E-state index in [1.807, 2.05) is 12.1 Å². The summed E-state index contributed by atoms with van der Waals surface area (Å²) in [6.45, 7) is 7.56. The molecule has 0 amide bonds. The molecule has 0 spiro atoms. The molecule has 2 nitrogen and oxygen atoms in total. The van der Waals surface area contributed by atoms with Crippen LogP contribution in [-0.4, -0.2) is 13.7 Å². The third-order valence-corrected chi connectivity index (χ3v) is 3.46. The highest BCUT2D eigenvalue weighted by Crippen LogP contribution is 2.29. The van der Waals surface area contributed by atoms with Crippen LogP contribution in [0.15, 0.2) is 18.2 Å². The van der Waals surface area contributed by atoms with E-state index in [0.29, 0.717) is 11.7 Å². The average molecular weight is 267 g/mol. The minimum Gasteiger partial charge on any atom is -0.494 e. The Kier molecular flexibility index (Phi) is 6.85. The molecule has 1 aromatic carbocycles. The monoisotopic (exact) mass is 267 g/mol. The molecular weight excluding hydrogens is 241 g/mol.